The second-order valence-corrected chi connectivity index (χ2v) is 5.94. The van der Waals surface area contributed by atoms with E-state index in [9.17, 15) is 9.90 Å². The van der Waals surface area contributed by atoms with Gasteiger partial charge in [0.15, 0.2) is 0 Å². The van der Waals surface area contributed by atoms with Crippen LogP contribution in [0.15, 0.2) is 24.3 Å². The summed E-state index contributed by atoms with van der Waals surface area (Å²) in [5, 5.41) is 13.1. The molecule has 4 nitrogen and oxygen atoms in total. The van der Waals surface area contributed by atoms with Gasteiger partial charge in [0.1, 0.15) is 5.60 Å². The van der Waals surface area contributed by atoms with Crippen LogP contribution in [0.2, 0.25) is 0 Å². The minimum atomic E-state index is -0.669. The van der Waals surface area contributed by atoms with Gasteiger partial charge >= 0.3 is 6.09 Å². The molecule has 0 unspecified atom stereocenters. The number of aliphatic hydroxyl groups excluding tert-OH is 1. The maximum absolute atomic E-state index is 11.7. The van der Waals surface area contributed by atoms with Crippen LogP contribution in [-0.2, 0) is 11.2 Å². The molecule has 4 heteroatoms. The molecule has 0 saturated carbocycles. The molecule has 1 amide bonds. The number of aryl methyl sites for hydroxylation is 1. The summed E-state index contributed by atoms with van der Waals surface area (Å²) in [5.74, 6) is 0. The van der Waals surface area contributed by atoms with E-state index < -0.39 is 17.8 Å². The molecule has 1 aromatic rings. The summed E-state index contributed by atoms with van der Waals surface area (Å²) in [6.07, 6.45) is 0.430. The van der Waals surface area contributed by atoms with E-state index >= 15 is 0 Å². The quantitative estimate of drug-likeness (QED) is 0.818. The second-order valence-electron chi connectivity index (χ2n) is 5.94. The summed E-state index contributed by atoms with van der Waals surface area (Å²) in [6, 6.07) is 7.50. The first-order valence-corrected chi connectivity index (χ1v) is 6.62. The topological polar surface area (TPSA) is 58.6 Å². The van der Waals surface area contributed by atoms with E-state index in [0.717, 1.165) is 24.0 Å². The molecule has 0 saturated heterocycles. The zero-order chi connectivity index (χ0) is 14.0. The van der Waals surface area contributed by atoms with Crippen molar-refractivity contribution >= 4 is 6.09 Å². The Bertz CT molecular complexity index is 465. The van der Waals surface area contributed by atoms with Crippen LogP contribution in [-0.4, -0.2) is 22.8 Å². The van der Waals surface area contributed by atoms with E-state index in [2.05, 4.69) is 5.32 Å². The third-order valence-corrected chi connectivity index (χ3v) is 3.18. The number of alkyl carbamates (subject to hydrolysis) is 1. The first kappa shape index (κ1) is 13.9. The van der Waals surface area contributed by atoms with Gasteiger partial charge < -0.3 is 15.2 Å². The lowest BCUT2D eigenvalue weighted by molar-refractivity contribution is 0.0401. The molecule has 0 fully saturated rings. The number of carbonyl (C=O) groups is 1. The minimum Gasteiger partial charge on any atom is -0.444 e. The molecule has 19 heavy (non-hydrogen) atoms. The Morgan fingerprint density at radius 1 is 1.37 bits per heavy atom. The van der Waals surface area contributed by atoms with Crippen LogP contribution in [0, 0.1) is 0 Å². The summed E-state index contributed by atoms with van der Waals surface area (Å²) < 4.78 is 5.22. The van der Waals surface area contributed by atoms with E-state index in [1.165, 1.54) is 0 Å². The van der Waals surface area contributed by atoms with E-state index in [1.807, 2.05) is 45.0 Å². The first-order valence-electron chi connectivity index (χ1n) is 6.62. The van der Waals surface area contributed by atoms with Crippen molar-refractivity contribution in [2.24, 2.45) is 0 Å². The fourth-order valence-electron chi connectivity index (χ4n) is 2.35. The standard InChI is InChI=1S/C15H21NO3/c1-15(2,3)19-14(18)16-12-9-8-10-6-4-5-7-11(10)13(12)17/h4-7,12-13,17H,8-9H2,1-3H3,(H,16,18)/t12-,13+/m1/s1. The highest BCUT2D eigenvalue weighted by Gasteiger charge is 2.30. The summed E-state index contributed by atoms with van der Waals surface area (Å²) in [6.45, 7) is 5.46. The van der Waals surface area contributed by atoms with Crippen LogP contribution in [0.3, 0.4) is 0 Å². The molecule has 0 bridgehead atoms. The van der Waals surface area contributed by atoms with Crippen molar-refractivity contribution < 1.29 is 14.6 Å². The fourth-order valence-corrected chi connectivity index (χ4v) is 2.35. The van der Waals surface area contributed by atoms with Gasteiger partial charge in [-0.1, -0.05) is 24.3 Å². The number of rotatable bonds is 1. The molecule has 2 rings (SSSR count). The monoisotopic (exact) mass is 263 g/mol. The van der Waals surface area contributed by atoms with E-state index in [1.54, 1.807) is 0 Å². The highest BCUT2D eigenvalue weighted by Crippen LogP contribution is 2.29. The van der Waals surface area contributed by atoms with Gasteiger partial charge in [-0.05, 0) is 44.7 Å². The Morgan fingerprint density at radius 3 is 2.74 bits per heavy atom. The summed E-state index contributed by atoms with van der Waals surface area (Å²) >= 11 is 0. The van der Waals surface area contributed by atoms with Gasteiger partial charge in [0.25, 0.3) is 0 Å². The highest BCUT2D eigenvalue weighted by atomic mass is 16.6. The lowest BCUT2D eigenvalue weighted by Crippen LogP contribution is -2.44. The maximum Gasteiger partial charge on any atom is 0.407 e. The lowest BCUT2D eigenvalue weighted by Gasteiger charge is -2.31. The molecule has 0 heterocycles. The van der Waals surface area contributed by atoms with Crippen molar-refractivity contribution in [1.82, 2.24) is 5.32 Å². The van der Waals surface area contributed by atoms with Crippen molar-refractivity contribution in [2.75, 3.05) is 0 Å². The van der Waals surface area contributed by atoms with E-state index in [4.69, 9.17) is 4.74 Å². The Morgan fingerprint density at radius 2 is 2.05 bits per heavy atom. The number of amides is 1. The molecule has 1 aromatic carbocycles. The molecule has 2 N–H and O–H groups in total. The van der Waals surface area contributed by atoms with Crippen LogP contribution >= 0.6 is 0 Å². The Labute approximate surface area is 113 Å². The van der Waals surface area contributed by atoms with Gasteiger partial charge in [0, 0.05) is 0 Å². The van der Waals surface area contributed by atoms with Crippen molar-refractivity contribution in [3.63, 3.8) is 0 Å². The van der Waals surface area contributed by atoms with E-state index in [-0.39, 0.29) is 6.04 Å². The SMILES string of the molecule is CC(C)(C)OC(=O)N[C@@H]1CCc2ccccc2[C@@H]1O. The van der Waals surface area contributed by atoms with Crippen LogP contribution in [0.25, 0.3) is 0 Å². The average Bonchev–Trinajstić information content (AvgIpc) is 2.31. The zero-order valence-electron chi connectivity index (χ0n) is 11.6. The zero-order valence-corrected chi connectivity index (χ0v) is 11.6. The van der Waals surface area contributed by atoms with Gasteiger partial charge in [0.2, 0.25) is 0 Å². The lowest BCUT2D eigenvalue weighted by atomic mass is 9.86. The largest absolute Gasteiger partial charge is 0.444 e. The number of hydrogen-bond acceptors (Lipinski definition) is 3. The van der Waals surface area contributed by atoms with Crippen LogP contribution in [0.4, 0.5) is 4.79 Å². The second kappa shape index (κ2) is 5.21. The Hall–Kier alpha value is -1.55. The average molecular weight is 263 g/mol. The number of fused-ring (bicyclic) bond motifs is 1. The van der Waals surface area contributed by atoms with Crippen molar-refractivity contribution in [3.8, 4) is 0 Å². The molecule has 1 aliphatic rings. The van der Waals surface area contributed by atoms with E-state index in [0.29, 0.717) is 0 Å². The molecule has 0 aliphatic heterocycles. The number of benzene rings is 1. The van der Waals surface area contributed by atoms with Crippen LogP contribution < -0.4 is 5.32 Å². The molecular weight excluding hydrogens is 242 g/mol. The maximum atomic E-state index is 11.7. The smallest absolute Gasteiger partial charge is 0.407 e. The van der Waals surface area contributed by atoms with Gasteiger partial charge in [-0.2, -0.15) is 0 Å². The molecule has 1 aliphatic carbocycles. The molecule has 0 spiro atoms. The van der Waals surface area contributed by atoms with Gasteiger partial charge in [-0.15, -0.1) is 0 Å². The number of aliphatic hydroxyl groups is 1. The van der Waals surface area contributed by atoms with Crippen molar-refractivity contribution in [3.05, 3.63) is 35.4 Å². The molecular formula is C15H21NO3. The number of ether oxygens (including phenoxy) is 1. The molecule has 2 atom stereocenters. The summed E-state index contributed by atoms with van der Waals surface area (Å²) in [4.78, 5) is 11.7. The van der Waals surface area contributed by atoms with Crippen molar-refractivity contribution in [1.29, 1.82) is 0 Å². The van der Waals surface area contributed by atoms with Crippen molar-refractivity contribution in [2.45, 2.75) is 51.4 Å². The number of nitrogens with one attached hydrogen (secondary N) is 1. The molecule has 0 aromatic heterocycles. The normalized spacial score (nSPS) is 22.5. The number of carbonyl (C=O) groups excluding carboxylic acids is 1. The van der Waals surface area contributed by atoms with Gasteiger partial charge in [0.05, 0.1) is 12.1 Å². The Kier molecular flexibility index (Phi) is 3.80. The summed E-state index contributed by atoms with van der Waals surface area (Å²) in [5.41, 5.74) is 1.52. The van der Waals surface area contributed by atoms with Gasteiger partial charge in [-0.3, -0.25) is 0 Å². The first-order chi connectivity index (χ1) is 8.87. The fraction of sp³-hybridized carbons (Fsp3) is 0.533. The van der Waals surface area contributed by atoms with Crippen LogP contribution in [0.5, 0.6) is 0 Å². The predicted molar refractivity (Wildman–Crippen MR) is 72.9 cm³/mol. The van der Waals surface area contributed by atoms with Crippen LogP contribution in [0.1, 0.15) is 44.4 Å². The Balaban J connectivity index is 2.02. The minimum absolute atomic E-state index is 0.287. The molecule has 104 valence electrons. The third-order valence-electron chi connectivity index (χ3n) is 3.18. The number of hydrogen-bond donors (Lipinski definition) is 2. The third kappa shape index (κ3) is 3.47. The highest BCUT2D eigenvalue weighted by molar-refractivity contribution is 5.68. The molecule has 0 radical (unpaired) electrons. The predicted octanol–water partition coefficient (Wildman–Crippen LogP) is 2.56. The van der Waals surface area contributed by atoms with Gasteiger partial charge in [-0.25, -0.2) is 4.79 Å². The summed E-state index contributed by atoms with van der Waals surface area (Å²) in [7, 11) is 0.